The molecule has 2 aliphatic heterocycles. The molecule has 12 heavy (non-hydrogen) atoms. The van der Waals surface area contributed by atoms with Gasteiger partial charge in [0.05, 0.1) is 13.2 Å². The Labute approximate surface area is 71.9 Å². The van der Waals surface area contributed by atoms with Crippen LogP contribution in [0.2, 0.25) is 0 Å². The van der Waals surface area contributed by atoms with Gasteiger partial charge < -0.3 is 9.64 Å². The van der Waals surface area contributed by atoms with Crippen molar-refractivity contribution in [2.45, 2.75) is 18.9 Å². The maximum atomic E-state index is 11.3. The molecular formula is C8H14N2O2. The first-order valence-electron chi connectivity index (χ1n) is 4.46. The normalized spacial score (nSPS) is 26.7. The van der Waals surface area contributed by atoms with Gasteiger partial charge in [-0.1, -0.05) is 0 Å². The first kappa shape index (κ1) is 8.01. The molecule has 0 unspecified atom stereocenters. The number of carbonyl (C=O) groups is 1. The van der Waals surface area contributed by atoms with Crippen LogP contribution in [0.1, 0.15) is 12.8 Å². The largest absolute Gasteiger partial charge is 0.381 e. The van der Waals surface area contributed by atoms with Gasteiger partial charge in [-0.2, -0.15) is 0 Å². The van der Waals surface area contributed by atoms with Crippen LogP contribution < -0.4 is 5.32 Å². The van der Waals surface area contributed by atoms with Crippen LogP contribution in [-0.2, 0) is 9.53 Å². The van der Waals surface area contributed by atoms with Crippen molar-refractivity contribution in [3.05, 3.63) is 0 Å². The summed E-state index contributed by atoms with van der Waals surface area (Å²) >= 11 is 0. The fourth-order valence-corrected chi connectivity index (χ4v) is 1.80. The topological polar surface area (TPSA) is 41.6 Å². The first-order valence-corrected chi connectivity index (χ1v) is 4.46. The molecule has 2 heterocycles. The van der Waals surface area contributed by atoms with E-state index in [1.54, 1.807) is 0 Å². The van der Waals surface area contributed by atoms with E-state index in [-0.39, 0.29) is 5.91 Å². The van der Waals surface area contributed by atoms with Gasteiger partial charge in [0.15, 0.2) is 0 Å². The highest BCUT2D eigenvalue weighted by atomic mass is 16.5. The Bertz CT molecular complexity index is 178. The minimum atomic E-state index is 0.238. The molecule has 0 aromatic heterocycles. The minimum absolute atomic E-state index is 0.238. The van der Waals surface area contributed by atoms with Crippen molar-refractivity contribution in [2.75, 3.05) is 26.4 Å². The second-order valence-corrected chi connectivity index (χ2v) is 3.29. The molecule has 0 aliphatic carbocycles. The van der Waals surface area contributed by atoms with E-state index < -0.39 is 0 Å². The van der Waals surface area contributed by atoms with E-state index in [1.165, 1.54) is 0 Å². The zero-order valence-electron chi connectivity index (χ0n) is 7.08. The number of amides is 1. The molecule has 2 saturated heterocycles. The van der Waals surface area contributed by atoms with Gasteiger partial charge in [-0.05, 0) is 12.8 Å². The summed E-state index contributed by atoms with van der Waals surface area (Å²) in [7, 11) is 0. The van der Waals surface area contributed by atoms with E-state index in [4.69, 9.17) is 4.74 Å². The predicted molar refractivity (Wildman–Crippen MR) is 43.6 cm³/mol. The van der Waals surface area contributed by atoms with Crippen molar-refractivity contribution in [1.82, 2.24) is 10.2 Å². The van der Waals surface area contributed by atoms with Crippen LogP contribution in [0.15, 0.2) is 0 Å². The second-order valence-electron chi connectivity index (χ2n) is 3.29. The van der Waals surface area contributed by atoms with Crippen molar-refractivity contribution in [3.8, 4) is 0 Å². The first-order chi connectivity index (χ1) is 5.88. The van der Waals surface area contributed by atoms with E-state index in [1.807, 2.05) is 4.90 Å². The van der Waals surface area contributed by atoms with Gasteiger partial charge in [-0.15, -0.1) is 0 Å². The lowest BCUT2D eigenvalue weighted by Crippen LogP contribution is -2.40. The minimum Gasteiger partial charge on any atom is -0.381 e. The summed E-state index contributed by atoms with van der Waals surface area (Å²) in [6.45, 7) is 2.84. The number of nitrogens with zero attached hydrogens (tertiary/aromatic N) is 1. The van der Waals surface area contributed by atoms with Crippen LogP contribution in [0.5, 0.6) is 0 Å². The quantitative estimate of drug-likeness (QED) is 0.580. The summed E-state index contributed by atoms with van der Waals surface area (Å²) in [6, 6.07) is 0.418. The monoisotopic (exact) mass is 170 g/mol. The van der Waals surface area contributed by atoms with Gasteiger partial charge in [-0.25, -0.2) is 0 Å². The van der Waals surface area contributed by atoms with E-state index in [2.05, 4.69) is 5.32 Å². The van der Waals surface area contributed by atoms with Gasteiger partial charge in [0.2, 0.25) is 5.91 Å². The molecule has 2 fully saturated rings. The third kappa shape index (κ3) is 1.44. The molecule has 0 saturated carbocycles. The average Bonchev–Trinajstić information content (AvgIpc) is 2.53. The van der Waals surface area contributed by atoms with Crippen LogP contribution in [0, 0.1) is 0 Å². The molecule has 0 spiro atoms. The summed E-state index contributed by atoms with van der Waals surface area (Å²) in [5, 5.41) is 3.05. The predicted octanol–water partition coefficient (Wildman–Crippen LogP) is -0.445. The van der Waals surface area contributed by atoms with Gasteiger partial charge in [0.1, 0.15) is 0 Å². The molecule has 1 amide bonds. The smallest absolute Gasteiger partial charge is 0.237 e. The number of rotatable bonds is 1. The number of hydrogen-bond donors (Lipinski definition) is 1. The van der Waals surface area contributed by atoms with Gasteiger partial charge in [-0.3, -0.25) is 10.1 Å². The average molecular weight is 170 g/mol. The maximum Gasteiger partial charge on any atom is 0.237 e. The molecule has 0 aromatic rings. The number of carbonyl (C=O) groups excluding carboxylic acids is 1. The molecular weight excluding hydrogens is 156 g/mol. The van der Waals surface area contributed by atoms with Gasteiger partial charge in [0, 0.05) is 19.3 Å². The lowest BCUT2D eigenvalue weighted by atomic mass is 10.1. The molecule has 2 rings (SSSR count). The fraction of sp³-hybridized carbons (Fsp3) is 0.875. The standard InChI is InChI=1S/C8H14N2O2/c11-8-5-9-6-10(8)7-1-3-12-4-2-7/h7,9H,1-6H2. The summed E-state index contributed by atoms with van der Waals surface area (Å²) < 4.78 is 5.24. The Kier molecular flexibility index (Phi) is 2.28. The van der Waals surface area contributed by atoms with Crippen molar-refractivity contribution >= 4 is 5.91 Å². The van der Waals surface area contributed by atoms with Crippen molar-refractivity contribution < 1.29 is 9.53 Å². The summed E-state index contributed by atoms with van der Waals surface area (Å²) in [6.07, 6.45) is 1.99. The molecule has 68 valence electrons. The lowest BCUT2D eigenvalue weighted by Gasteiger charge is -2.30. The van der Waals surface area contributed by atoms with Crippen LogP contribution in [0.3, 0.4) is 0 Å². The Hall–Kier alpha value is -0.610. The van der Waals surface area contributed by atoms with Gasteiger partial charge in [0.25, 0.3) is 0 Å². The Morgan fingerprint density at radius 3 is 2.75 bits per heavy atom. The Morgan fingerprint density at radius 2 is 2.17 bits per heavy atom. The SMILES string of the molecule is O=C1CNCN1C1CCOCC1. The van der Waals surface area contributed by atoms with Crippen LogP contribution in [0.4, 0.5) is 0 Å². The second kappa shape index (κ2) is 3.41. The molecule has 0 bridgehead atoms. The number of hydrogen-bond acceptors (Lipinski definition) is 3. The van der Waals surface area contributed by atoms with Gasteiger partial charge >= 0.3 is 0 Å². The van der Waals surface area contributed by atoms with Crippen molar-refractivity contribution in [2.24, 2.45) is 0 Å². The van der Waals surface area contributed by atoms with E-state index >= 15 is 0 Å². The van der Waals surface area contributed by atoms with Crippen molar-refractivity contribution in [3.63, 3.8) is 0 Å². The van der Waals surface area contributed by atoms with Crippen molar-refractivity contribution in [1.29, 1.82) is 0 Å². The zero-order valence-corrected chi connectivity index (χ0v) is 7.08. The number of ether oxygens (including phenoxy) is 1. The van der Waals surface area contributed by atoms with Crippen LogP contribution >= 0.6 is 0 Å². The number of nitrogens with one attached hydrogen (secondary N) is 1. The summed E-state index contributed by atoms with van der Waals surface area (Å²) in [5.74, 6) is 0.238. The third-order valence-corrected chi connectivity index (χ3v) is 2.51. The molecule has 4 heteroatoms. The van der Waals surface area contributed by atoms with Crippen LogP contribution in [0.25, 0.3) is 0 Å². The Balaban J connectivity index is 1.93. The van der Waals surface area contributed by atoms with E-state index in [0.29, 0.717) is 12.6 Å². The Morgan fingerprint density at radius 1 is 1.42 bits per heavy atom. The molecule has 0 aromatic carbocycles. The molecule has 2 aliphatic rings. The highest BCUT2D eigenvalue weighted by Crippen LogP contribution is 2.15. The lowest BCUT2D eigenvalue weighted by molar-refractivity contribution is -0.130. The third-order valence-electron chi connectivity index (χ3n) is 2.51. The van der Waals surface area contributed by atoms with E-state index in [9.17, 15) is 4.79 Å². The molecule has 1 N–H and O–H groups in total. The van der Waals surface area contributed by atoms with Crippen LogP contribution in [-0.4, -0.2) is 43.3 Å². The maximum absolute atomic E-state index is 11.3. The molecule has 0 radical (unpaired) electrons. The molecule has 4 nitrogen and oxygen atoms in total. The fourth-order valence-electron chi connectivity index (χ4n) is 1.80. The summed E-state index contributed by atoms with van der Waals surface area (Å²) in [4.78, 5) is 13.2. The molecule has 0 atom stereocenters. The zero-order chi connectivity index (χ0) is 8.39. The highest BCUT2D eigenvalue weighted by Gasteiger charge is 2.28. The highest BCUT2D eigenvalue weighted by molar-refractivity contribution is 5.80. The van der Waals surface area contributed by atoms with E-state index in [0.717, 1.165) is 32.7 Å². The summed E-state index contributed by atoms with van der Waals surface area (Å²) in [5.41, 5.74) is 0.